The summed E-state index contributed by atoms with van der Waals surface area (Å²) in [5.41, 5.74) is -0.450. The van der Waals surface area contributed by atoms with Crippen LogP contribution in [0.4, 0.5) is 4.79 Å². The Bertz CT molecular complexity index is 364. The molecule has 94 valence electrons. The number of aromatic amines is 1. The summed E-state index contributed by atoms with van der Waals surface area (Å²) in [6.07, 6.45) is 7.62. The zero-order chi connectivity index (χ0) is 12.7. The van der Waals surface area contributed by atoms with Crippen LogP contribution in [0.1, 0.15) is 33.0 Å². The summed E-state index contributed by atoms with van der Waals surface area (Å²) < 4.78 is 5.10. The number of imidazole rings is 1. The fourth-order valence-corrected chi connectivity index (χ4v) is 1.14. The molecular weight excluding hydrogens is 218 g/mol. The van der Waals surface area contributed by atoms with Crippen LogP contribution in [-0.4, -0.2) is 28.2 Å². The number of rotatable bonds is 4. The third-order valence-corrected chi connectivity index (χ3v) is 1.77. The second-order valence-corrected chi connectivity index (χ2v) is 4.59. The lowest BCUT2D eigenvalue weighted by molar-refractivity contribution is 0.0529. The summed E-state index contributed by atoms with van der Waals surface area (Å²) in [5.74, 6) is 0.808. The maximum atomic E-state index is 11.3. The Labute approximate surface area is 101 Å². The Hall–Kier alpha value is -1.78. The molecule has 5 nitrogen and oxygen atoms in total. The number of carbonyl (C=O) groups excluding carboxylic acids is 1. The minimum Gasteiger partial charge on any atom is -0.444 e. The van der Waals surface area contributed by atoms with Crippen molar-refractivity contribution in [3.05, 3.63) is 24.3 Å². The number of ether oxygens (including phenoxy) is 1. The highest BCUT2D eigenvalue weighted by molar-refractivity contribution is 5.67. The lowest BCUT2D eigenvalue weighted by atomic mass is 10.2. The van der Waals surface area contributed by atoms with E-state index in [1.165, 1.54) is 0 Å². The first-order chi connectivity index (χ1) is 7.97. The molecule has 0 saturated heterocycles. The Kier molecular flexibility index (Phi) is 4.75. The Balaban J connectivity index is 2.14. The zero-order valence-electron chi connectivity index (χ0n) is 10.5. The van der Waals surface area contributed by atoms with E-state index in [1.807, 2.05) is 32.9 Å². The van der Waals surface area contributed by atoms with Crippen LogP contribution in [0.3, 0.4) is 0 Å². The van der Waals surface area contributed by atoms with Crippen LogP contribution >= 0.6 is 0 Å². The van der Waals surface area contributed by atoms with Crippen molar-refractivity contribution < 1.29 is 9.53 Å². The predicted octanol–water partition coefficient (Wildman–Crippen LogP) is 2.34. The minimum absolute atomic E-state index is 0.385. The van der Waals surface area contributed by atoms with Crippen molar-refractivity contribution in [2.45, 2.75) is 32.8 Å². The van der Waals surface area contributed by atoms with Crippen molar-refractivity contribution >= 4 is 12.2 Å². The number of hydrogen-bond donors (Lipinski definition) is 2. The standard InChI is InChI=1S/C12H19N3O2/c1-12(2,3)17-11(16)15-7-5-4-6-10-13-8-9-14-10/h4,6,8-9H,5,7H2,1-3H3,(H,13,14)(H,15,16). The third-order valence-electron chi connectivity index (χ3n) is 1.77. The van der Waals surface area contributed by atoms with Crippen LogP contribution < -0.4 is 5.32 Å². The summed E-state index contributed by atoms with van der Waals surface area (Å²) >= 11 is 0. The van der Waals surface area contributed by atoms with Gasteiger partial charge in [-0.2, -0.15) is 0 Å². The van der Waals surface area contributed by atoms with Gasteiger partial charge >= 0.3 is 6.09 Å². The smallest absolute Gasteiger partial charge is 0.407 e. The SMILES string of the molecule is CC(C)(C)OC(=O)NCCC=Cc1ncc[nH]1. The molecule has 0 aliphatic rings. The Morgan fingerprint density at radius 3 is 2.94 bits per heavy atom. The molecule has 0 saturated carbocycles. The molecule has 1 aromatic heterocycles. The molecule has 0 fully saturated rings. The molecule has 0 atom stereocenters. The maximum absolute atomic E-state index is 11.3. The Morgan fingerprint density at radius 2 is 2.35 bits per heavy atom. The number of amides is 1. The third kappa shape index (κ3) is 6.40. The zero-order valence-corrected chi connectivity index (χ0v) is 10.5. The number of aromatic nitrogens is 2. The van der Waals surface area contributed by atoms with E-state index in [4.69, 9.17) is 4.74 Å². The topological polar surface area (TPSA) is 67.0 Å². The predicted molar refractivity (Wildman–Crippen MR) is 66.5 cm³/mol. The fourth-order valence-electron chi connectivity index (χ4n) is 1.14. The van der Waals surface area contributed by atoms with Crippen LogP contribution in [0.5, 0.6) is 0 Å². The molecule has 0 aliphatic carbocycles. The monoisotopic (exact) mass is 237 g/mol. The molecule has 1 heterocycles. The van der Waals surface area contributed by atoms with E-state index in [0.29, 0.717) is 6.54 Å². The summed E-state index contributed by atoms with van der Waals surface area (Å²) in [6, 6.07) is 0. The maximum Gasteiger partial charge on any atom is 0.407 e. The molecule has 0 aliphatic heterocycles. The van der Waals surface area contributed by atoms with E-state index < -0.39 is 5.60 Å². The van der Waals surface area contributed by atoms with E-state index in [1.54, 1.807) is 12.4 Å². The first-order valence-electron chi connectivity index (χ1n) is 5.60. The molecule has 0 radical (unpaired) electrons. The molecule has 0 aromatic carbocycles. The minimum atomic E-state index is -0.450. The second kappa shape index (κ2) is 6.08. The van der Waals surface area contributed by atoms with Gasteiger partial charge in [-0.05, 0) is 33.3 Å². The van der Waals surface area contributed by atoms with Crippen molar-refractivity contribution in [2.24, 2.45) is 0 Å². The molecule has 0 spiro atoms. The summed E-state index contributed by atoms with van der Waals surface area (Å²) in [4.78, 5) is 18.3. The molecule has 17 heavy (non-hydrogen) atoms. The summed E-state index contributed by atoms with van der Waals surface area (Å²) in [7, 11) is 0. The normalized spacial score (nSPS) is 11.7. The average molecular weight is 237 g/mol. The van der Waals surface area contributed by atoms with Gasteiger partial charge in [-0.3, -0.25) is 0 Å². The summed E-state index contributed by atoms with van der Waals surface area (Å²) in [5, 5.41) is 2.68. The number of H-pyrrole nitrogens is 1. The highest BCUT2D eigenvalue weighted by atomic mass is 16.6. The van der Waals surface area contributed by atoms with E-state index in [-0.39, 0.29) is 6.09 Å². The van der Waals surface area contributed by atoms with Gasteiger partial charge in [-0.1, -0.05) is 6.08 Å². The Morgan fingerprint density at radius 1 is 1.59 bits per heavy atom. The van der Waals surface area contributed by atoms with Crippen molar-refractivity contribution in [3.8, 4) is 0 Å². The van der Waals surface area contributed by atoms with Gasteiger partial charge in [0, 0.05) is 18.9 Å². The van der Waals surface area contributed by atoms with Crippen LogP contribution in [0, 0.1) is 0 Å². The van der Waals surface area contributed by atoms with Crippen LogP contribution in [-0.2, 0) is 4.74 Å². The van der Waals surface area contributed by atoms with Crippen molar-refractivity contribution in [2.75, 3.05) is 6.54 Å². The molecular formula is C12H19N3O2. The lowest BCUT2D eigenvalue weighted by Crippen LogP contribution is -2.32. The second-order valence-electron chi connectivity index (χ2n) is 4.59. The van der Waals surface area contributed by atoms with Crippen molar-refractivity contribution in [1.82, 2.24) is 15.3 Å². The van der Waals surface area contributed by atoms with Gasteiger partial charge in [0.1, 0.15) is 11.4 Å². The van der Waals surface area contributed by atoms with Crippen LogP contribution in [0.15, 0.2) is 18.5 Å². The lowest BCUT2D eigenvalue weighted by Gasteiger charge is -2.19. The van der Waals surface area contributed by atoms with Crippen molar-refractivity contribution in [3.63, 3.8) is 0 Å². The van der Waals surface area contributed by atoms with Crippen molar-refractivity contribution in [1.29, 1.82) is 0 Å². The first-order valence-corrected chi connectivity index (χ1v) is 5.60. The molecule has 1 amide bonds. The number of nitrogens with one attached hydrogen (secondary N) is 2. The molecule has 0 unspecified atom stereocenters. The van der Waals surface area contributed by atoms with Gasteiger partial charge in [0.05, 0.1) is 0 Å². The molecule has 0 bridgehead atoms. The first kappa shape index (κ1) is 13.3. The van der Waals surface area contributed by atoms with Gasteiger partial charge in [-0.25, -0.2) is 9.78 Å². The average Bonchev–Trinajstić information content (AvgIpc) is 2.67. The number of nitrogens with zero attached hydrogens (tertiary/aromatic N) is 1. The van der Waals surface area contributed by atoms with Gasteiger partial charge in [0.15, 0.2) is 0 Å². The number of hydrogen-bond acceptors (Lipinski definition) is 3. The number of carbonyl (C=O) groups is 1. The van der Waals surface area contributed by atoms with E-state index in [0.717, 1.165) is 12.2 Å². The number of alkyl carbamates (subject to hydrolysis) is 1. The van der Waals surface area contributed by atoms with Crippen LogP contribution in [0.2, 0.25) is 0 Å². The highest BCUT2D eigenvalue weighted by Gasteiger charge is 2.14. The molecule has 1 aromatic rings. The highest BCUT2D eigenvalue weighted by Crippen LogP contribution is 2.06. The largest absolute Gasteiger partial charge is 0.444 e. The fraction of sp³-hybridized carbons (Fsp3) is 0.500. The molecule has 2 N–H and O–H groups in total. The van der Waals surface area contributed by atoms with Gasteiger partial charge in [0.25, 0.3) is 0 Å². The quantitative estimate of drug-likeness (QED) is 0.790. The summed E-state index contributed by atoms with van der Waals surface area (Å²) in [6.45, 7) is 6.06. The van der Waals surface area contributed by atoms with Crippen LogP contribution in [0.25, 0.3) is 6.08 Å². The van der Waals surface area contributed by atoms with Gasteiger partial charge < -0.3 is 15.0 Å². The van der Waals surface area contributed by atoms with Gasteiger partial charge in [0.2, 0.25) is 0 Å². The van der Waals surface area contributed by atoms with E-state index in [2.05, 4.69) is 15.3 Å². The molecule has 5 heteroatoms. The van der Waals surface area contributed by atoms with E-state index >= 15 is 0 Å². The van der Waals surface area contributed by atoms with E-state index in [9.17, 15) is 4.79 Å². The van der Waals surface area contributed by atoms with Gasteiger partial charge in [-0.15, -0.1) is 0 Å². The molecule has 1 rings (SSSR count).